The molecule has 0 spiro atoms. The molecule has 2 aromatic carbocycles. The van der Waals surface area contributed by atoms with Gasteiger partial charge in [-0.3, -0.25) is 0 Å². The summed E-state index contributed by atoms with van der Waals surface area (Å²) in [7, 11) is 0. The fourth-order valence-corrected chi connectivity index (χ4v) is 2.98. The van der Waals surface area contributed by atoms with Crippen LogP contribution in [0.15, 0.2) is 42.5 Å². The van der Waals surface area contributed by atoms with E-state index in [2.05, 4.69) is 10.6 Å². The lowest BCUT2D eigenvalue weighted by atomic mass is 9.89. The number of aliphatic hydroxyl groups is 1. The molecule has 3 N–H and O–H groups in total. The van der Waals surface area contributed by atoms with Crippen molar-refractivity contribution in [2.75, 3.05) is 5.32 Å². The number of anilines is 1. The maximum absolute atomic E-state index is 12.5. The predicted octanol–water partition coefficient (Wildman–Crippen LogP) is 3.88. The van der Waals surface area contributed by atoms with Gasteiger partial charge in [-0.05, 0) is 60.2 Å². The molecule has 4 nitrogen and oxygen atoms in total. The molecule has 1 atom stereocenters. The van der Waals surface area contributed by atoms with Crippen LogP contribution in [0.3, 0.4) is 0 Å². The highest BCUT2D eigenvalue weighted by Gasteiger charge is 2.29. The first-order valence-corrected chi connectivity index (χ1v) is 8.32. The number of hydrogen-bond acceptors (Lipinski definition) is 2. The Labute approximate surface area is 149 Å². The largest absolute Gasteiger partial charge is 0.416 e. The Hall–Kier alpha value is -2.54. The van der Waals surface area contributed by atoms with Crippen LogP contribution >= 0.6 is 0 Å². The van der Waals surface area contributed by atoms with E-state index in [0.29, 0.717) is 17.7 Å². The third kappa shape index (κ3) is 4.54. The summed E-state index contributed by atoms with van der Waals surface area (Å²) in [4.78, 5) is 12.0. The Balaban J connectivity index is 1.55. The molecule has 1 unspecified atom stereocenters. The first kappa shape index (κ1) is 18.3. The van der Waals surface area contributed by atoms with Crippen LogP contribution in [0.5, 0.6) is 0 Å². The number of halogens is 3. The van der Waals surface area contributed by atoms with Crippen molar-refractivity contribution in [3.05, 3.63) is 64.7 Å². The average molecular weight is 364 g/mol. The molecule has 1 aliphatic rings. The van der Waals surface area contributed by atoms with Gasteiger partial charge < -0.3 is 15.7 Å². The van der Waals surface area contributed by atoms with E-state index in [9.17, 15) is 23.1 Å². The molecule has 3 rings (SSSR count). The molecular weight excluding hydrogens is 345 g/mol. The number of fused-ring (bicyclic) bond motifs is 1. The van der Waals surface area contributed by atoms with E-state index in [0.717, 1.165) is 30.5 Å². The van der Waals surface area contributed by atoms with Crippen LogP contribution < -0.4 is 10.6 Å². The minimum atomic E-state index is -4.37. The summed E-state index contributed by atoms with van der Waals surface area (Å²) < 4.78 is 37.6. The molecule has 0 bridgehead atoms. The SMILES string of the molecule is O=C(NCc1ccc(C(F)(F)F)cc1)Nc1ccc2c(c1)CC(O)CC2. The van der Waals surface area contributed by atoms with Crippen molar-refractivity contribution in [2.45, 2.75) is 38.1 Å². The third-order valence-electron chi connectivity index (χ3n) is 4.40. The molecule has 26 heavy (non-hydrogen) atoms. The number of hydrogen-bond donors (Lipinski definition) is 3. The van der Waals surface area contributed by atoms with Crippen molar-refractivity contribution in [3.8, 4) is 0 Å². The lowest BCUT2D eigenvalue weighted by Gasteiger charge is -2.21. The summed E-state index contributed by atoms with van der Waals surface area (Å²) >= 11 is 0. The average Bonchev–Trinajstić information content (AvgIpc) is 2.59. The number of carbonyl (C=O) groups excluding carboxylic acids is 1. The van der Waals surface area contributed by atoms with Gasteiger partial charge in [-0.1, -0.05) is 18.2 Å². The van der Waals surface area contributed by atoms with Crippen LogP contribution in [-0.4, -0.2) is 17.2 Å². The monoisotopic (exact) mass is 364 g/mol. The molecule has 0 radical (unpaired) electrons. The Bertz CT molecular complexity index is 788. The molecule has 0 aromatic heterocycles. The van der Waals surface area contributed by atoms with E-state index in [1.165, 1.54) is 17.7 Å². The van der Waals surface area contributed by atoms with Gasteiger partial charge in [0.15, 0.2) is 0 Å². The van der Waals surface area contributed by atoms with E-state index in [4.69, 9.17) is 0 Å². The Kier molecular flexibility index (Phi) is 5.18. The van der Waals surface area contributed by atoms with Crippen molar-refractivity contribution in [3.63, 3.8) is 0 Å². The molecule has 0 heterocycles. The number of amides is 2. The minimum absolute atomic E-state index is 0.119. The zero-order valence-electron chi connectivity index (χ0n) is 13.9. The van der Waals surface area contributed by atoms with Gasteiger partial charge in [0.2, 0.25) is 0 Å². The Morgan fingerprint density at radius 2 is 1.85 bits per heavy atom. The number of urea groups is 1. The van der Waals surface area contributed by atoms with Gasteiger partial charge in [-0.25, -0.2) is 4.79 Å². The second-order valence-electron chi connectivity index (χ2n) is 6.38. The number of benzene rings is 2. The van der Waals surface area contributed by atoms with E-state index in [1.54, 1.807) is 6.07 Å². The van der Waals surface area contributed by atoms with Crippen LogP contribution in [0.2, 0.25) is 0 Å². The fraction of sp³-hybridized carbons (Fsp3) is 0.316. The lowest BCUT2D eigenvalue weighted by molar-refractivity contribution is -0.137. The van der Waals surface area contributed by atoms with E-state index in [1.807, 2.05) is 12.1 Å². The van der Waals surface area contributed by atoms with Gasteiger partial charge in [0, 0.05) is 12.2 Å². The second-order valence-corrected chi connectivity index (χ2v) is 6.38. The van der Waals surface area contributed by atoms with E-state index in [-0.39, 0.29) is 12.6 Å². The highest BCUT2D eigenvalue weighted by Crippen LogP contribution is 2.29. The zero-order valence-corrected chi connectivity index (χ0v) is 13.9. The van der Waals surface area contributed by atoms with Crippen molar-refractivity contribution in [1.29, 1.82) is 0 Å². The molecule has 0 aliphatic heterocycles. The van der Waals surface area contributed by atoms with Crippen molar-refractivity contribution in [1.82, 2.24) is 5.32 Å². The maximum Gasteiger partial charge on any atom is 0.416 e. The van der Waals surface area contributed by atoms with Gasteiger partial charge in [0.05, 0.1) is 11.7 Å². The summed E-state index contributed by atoms with van der Waals surface area (Å²) in [5.74, 6) is 0. The lowest BCUT2D eigenvalue weighted by Crippen LogP contribution is -2.28. The van der Waals surface area contributed by atoms with Crippen LogP contribution in [0.4, 0.5) is 23.7 Å². The standard InChI is InChI=1S/C19H19F3N2O2/c20-19(21,22)15-5-1-12(2-6-15)11-23-18(26)24-16-7-3-13-4-8-17(25)10-14(13)9-16/h1-3,5-7,9,17,25H,4,8,10-11H2,(H2,23,24,26). The maximum atomic E-state index is 12.5. The number of aryl methyl sites for hydroxylation is 1. The van der Waals surface area contributed by atoms with Gasteiger partial charge >= 0.3 is 12.2 Å². The summed E-state index contributed by atoms with van der Waals surface area (Å²) in [5, 5.41) is 15.1. The number of aliphatic hydroxyl groups excluding tert-OH is 1. The van der Waals surface area contributed by atoms with Crippen LogP contribution in [0.25, 0.3) is 0 Å². The number of carbonyl (C=O) groups is 1. The Morgan fingerprint density at radius 1 is 1.12 bits per heavy atom. The summed E-state index contributed by atoms with van der Waals surface area (Å²) in [6.07, 6.45) is -2.60. The smallest absolute Gasteiger partial charge is 0.393 e. The van der Waals surface area contributed by atoms with Crippen molar-refractivity contribution in [2.24, 2.45) is 0 Å². The zero-order chi connectivity index (χ0) is 18.7. The number of rotatable bonds is 3. The minimum Gasteiger partial charge on any atom is -0.393 e. The third-order valence-corrected chi connectivity index (χ3v) is 4.40. The van der Waals surface area contributed by atoms with Gasteiger partial charge in [-0.15, -0.1) is 0 Å². The predicted molar refractivity (Wildman–Crippen MR) is 91.8 cm³/mol. The molecule has 0 fully saturated rings. The summed E-state index contributed by atoms with van der Waals surface area (Å²) in [6.45, 7) is 0.119. The van der Waals surface area contributed by atoms with Crippen LogP contribution in [0, 0.1) is 0 Å². The molecule has 1 aliphatic carbocycles. The van der Waals surface area contributed by atoms with Gasteiger partial charge in [0.1, 0.15) is 0 Å². The summed E-state index contributed by atoms with van der Waals surface area (Å²) in [6, 6.07) is 9.79. The van der Waals surface area contributed by atoms with Crippen molar-refractivity contribution < 1.29 is 23.1 Å². The molecular formula is C19H19F3N2O2. The topological polar surface area (TPSA) is 61.4 Å². The van der Waals surface area contributed by atoms with Crippen LogP contribution in [-0.2, 0) is 25.6 Å². The molecule has 0 saturated heterocycles. The molecule has 7 heteroatoms. The number of alkyl halides is 3. The van der Waals surface area contributed by atoms with Gasteiger partial charge in [0.25, 0.3) is 0 Å². The molecule has 2 aromatic rings. The molecule has 0 saturated carbocycles. The second kappa shape index (κ2) is 7.37. The highest BCUT2D eigenvalue weighted by atomic mass is 19.4. The molecule has 138 valence electrons. The van der Waals surface area contributed by atoms with E-state index < -0.39 is 17.8 Å². The van der Waals surface area contributed by atoms with Crippen LogP contribution in [0.1, 0.15) is 28.7 Å². The van der Waals surface area contributed by atoms with E-state index >= 15 is 0 Å². The number of nitrogens with one attached hydrogen (secondary N) is 2. The van der Waals surface area contributed by atoms with Crippen molar-refractivity contribution >= 4 is 11.7 Å². The summed E-state index contributed by atoms with van der Waals surface area (Å²) in [5.41, 5.74) is 2.65. The van der Waals surface area contributed by atoms with Gasteiger partial charge in [-0.2, -0.15) is 13.2 Å². The molecule has 2 amide bonds. The normalized spacial score (nSPS) is 16.7. The fourth-order valence-electron chi connectivity index (χ4n) is 2.98. The first-order valence-electron chi connectivity index (χ1n) is 8.32. The highest BCUT2D eigenvalue weighted by molar-refractivity contribution is 5.89. The Morgan fingerprint density at radius 3 is 2.54 bits per heavy atom. The first-order chi connectivity index (χ1) is 12.3. The quantitative estimate of drug-likeness (QED) is 0.774.